The molecule has 2 unspecified atom stereocenters. The first-order chi connectivity index (χ1) is 23.0. The minimum atomic E-state index is -4.78. The van der Waals surface area contributed by atoms with Gasteiger partial charge < -0.3 is 14.4 Å². The van der Waals surface area contributed by atoms with E-state index in [1.165, 1.54) is 53.3 Å². The molecule has 0 bridgehead atoms. The van der Waals surface area contributed by atoms with Crippen molar-refractivity contribution < 1.29 is 27.4 Å². The number of nitrogens with zero attached hydrogens (tertiary/aromatic N) is 7. The number of halogens is 3. The molecule has 3 aromatic carbocycles. The molecule has 10 nitrogen and oxygen atoms in total. The summed E-state index contributed by atoms with van der Waals surface area (Å²) >= 11 is 1.49. The van der Waals surface area contributed by atoms with Gasteiger partial charge in [0.25, 0.3) is 0 Å². The summed E-state index contributed by atoms with van der Waals surface area (Å²) in [5.74, 6) is 0.956. The van der Waals surface area contributed by atoms with Gasteiger partial charge in [0.15, 0.2) is 11.0 Å². The number of anilines is 1. The highest BCUT2D eigenvalue weighted by atomic mass is 32.2. The maximum atomic E-state index is 13.0. The number of thioether (sulfide) groups is 1. The number of benzene rings is 3. The first-order valence-corrected chi connectivity index (χ1v) is 16.0. The number of nitriles is 1. The molecular formula is C34H32F3N7O3S. The van der Waals surface area contributed by atoms with E-state index in [9.17, 15) is 23.2 Å². The first kappa shape index (κ1) is 34.2. The number of ether oxygens (including phenoxy) is 2. The minimum Gasteiger partial charge on any atom is -0.497 e. The molecule has 48 heavy (non-hydrogen) atoms. The molecule has 1 aliphatic heterocycles. The molecule has 1 aromatic heterocycles. The molecule has 1 fully saturated rings. The summed E-state index contributed by atoms with van der Waals surface area (Å²) in [5, 5.41) is 14.8. The van der Waals surface area contributed by atoms with Crippen LogP contribution in [0.25, 0.3) is 17.1 Å². The Morgan fingerprint density at radius 1 is 1.10 bits per heavy atom. The van der Waals surface area contributed by atoms with Crippen LogP contribution in [0.2, 0.25) is 0 Å². The zero-order valence-corrected chi connectivity index (χ0v) is 27.4. The number of aromatic nitrogens is 3. The van der Waals surface area contributed by atoms with Gasteiger partial charge in [0.2, 0.25) is 0 Å². The monoisotopic (exact) mass is 675 g/mol. The smallest absolute Gasteiger partial charge is 0.497 e. The molecule has 0 spiro atoms. The zero-order valence-electron chi connectivity index (χ0n) is 26.5. The standard InChI is InChI=1S/C34H32F3N7O3S/c1-21(2)29-14-13-28(46-4)17-30(29)44-22(3)15-16-48-33(44)41-32(45)39-19-25(18-38)23-5-7-24(8-6-23)31-40-20-43(42-31)26-9-11-27(12-10-26)47-34(35,36)37/h5-14,17,19-22,25H,15-16H2,1-4H3. The van der Waals surface area contributed by atoms with Crippen molar-refractivity contribution in [3.63, 3.8) is 0 Å². The summed E-state index contributed by atoms with van der Waals surface area (Å²) in [5.41, 5.74) is 3.78. The number of amides is 2. The molecule has 5 rings (SSSR count). The lowest BCUT2D eigenvalue weighted by Gasteiger charge is -2.37. The van der Waals surface area contributed by atoms with Crippen molar-refractivity contribution in [2.24, 2.45) is 9.98 Å². The maximum absolute atomic E-state index is 13.0. The van der Waals surface area contributed by atoms with Gasteiger partial charge in [-0.15, -0.1) is 18.3 Å². The molecule has 2 heterocycles. The Labute approximate surface area is 279 Å². The van der Waals surface area contributed by atoms with Gasteiger partial charge in [0, 0.05) is 29.6 Å². The molecular weight excluding hydrogens is 643 g/mol. The van der Waals surface area contributed by atoms with Gasteiger partial charge in [-0.05, 0) is 60.7 Å². The predicted molar refractivity (Wildman–Crippen MR) is 179 cm³/mol. The maximum Gasteiger partial charge on any atom is 0.573 e. The van der Waals surface area contributed by atoms with E-state index in [1.54, 1.807) is 31.4 Å². The van der Waals surface area contributed by atoms with Gasteiger partial charge in [-0.1, -0.05) is 55.9 Å². The van der Waals surface area contributed by atoms with Crippen LogP contribution in [-0.4, -0.2) is 57.4 Å². The van der Waals surface area contributed by atoms with Crippen molar-refractivity contribution in [3.05, 3.63) is 84.2 Å². The normalized spacial score (nSPS) is 16.7. The lowest BCUT2D eigenvalue weighted by Crippen LogP contribution is -2.42. The molecule has 1 saturated heterocycles. The predicted octanol–water partition coefficient (Wildman–Crippen LogP) is 8.15. The number of aliphatic imine (C=N–C) groups is 2. The van der Waals surface area contributed by atoms with Crippen molar-refractivity contribution in [2.75, 3.05) is 17.8 Å². The quantitative estimate of drug-likeness (QED) is 0.172. The van der Waals surface area contributed by atoms with E-state index in [1.807, 2.05) is 18.2 Å². The highest BCUT2D eigenvalue weighted by molar-refractivity contribution is 8.14. The van der Waals surface area contributed by atoms with Crippen LogP contribution in [0.5, 0.6) is 11.5 Å². The van der Waals surface area contributed by atoms with E-state index in [0.29, 0.717) is 33.6 Å². The third kappa shape index (κ3) is 8.21. The van der Waals surface area contributed by atoms with Crippen LogP contribution in [0.15, 0.2) is 83.0 Å². The summed E-state index contributed by atoms with van der Waals surface area (Å²) in [7, 11) is 1.62. The summed E-state index contributed by atoms with van der Waals surface area (Å²) in [6.45, 7) is 6.32. The summed E-state index contributed by atoms with van der Waals surface area (Å²) < 4.78 is 48.2. The zero-order chi connectivity index (χ0) is 34.4. The highest BCUT2D eigenvalue weighted by Crippen LogP contribution is 2.37. The SMILES string of the molecule is COc1ccc(C(C)C)c(N2C(=NC(=O)N=CC(C#N)c3ccc(-c4ncn(-c5ccc(OC(F)(F)F)cc5)n4)cc3)SCCC2C)c1. The number of hydrogen-bond donors (Lipinski definition) is 0. The number of alkyl halides is 3. The molecule has 248 valence electrons. The Morgan fingerprint density at radius 2 is 1.81 bits per heavy atom. The Morgan fingerprint density at radius 3 is 2.46 bits per heavy atom. The largest absolute Gasteiger partial charge is 0.573 e. The van der Waals surface area contributed by atoms with E-state index in [2.05, 4.69) is 56.5 Å². The van der Waals surface area contributed by atoms with Crippen LogP contribution in [0, 0.1) is 11.3 Å². The van der Waals surface area contributed by atoms with Gasteiger partial charge in [-0.3, -0.25) is 0 Å². The number of urea groups is 1. The number of methoxy groups -OCH3 is 1. The average Bonchev–Trinajstić information content (AvgIpc) is 3.55. The first-order valence-electron chi connectivity index (χ1n) is 15.0. The van der Waals surface area contributed by atoms with Crippen LogP contribution in [0.3, 0.4) is 0 Å². The van der Waals surface area contributed by atoms with Crippen molar-refractivity contribution in [2.45, 2.75) is 51.4 Å². The van der Waals surface area contributed by atoms with Crippen LogP contribution in [0.4, 0.5) is 23.7 Å². The van der Waals surface area contributed by atoms with E-state index in [-0.39, 0.29) is 17.7 Å². The number of hydrogen-bond acceptors (Lipinski definition) is 7. The van der Waals surface area contributed by atoms with Crippen LogP contribution in [-0.2, 0) is 0 Å². The van der Waals surface area contributed by atoms with E-state index < -0.39 is 18.3 Å². The van der Waals surface area contributed by atoms with E-state index in [0.717, 1.165) is 23.4 Å². The van der Waals surface area contributed by atoms with Crippen LogP contribution in [0.1, 0.15) is 50.2 Å². The van der Waals surface area contributed by atoms with Gasteiger partial charge in [-0.25, -0.2) is 19.5 Å². The Balaban J connectivity index is 1.29. The fourth-order valence-corrected chi connectivity index (χ4v) is 6.29. The topological polar surface area (TPSA) is 118 Å². The molecule has 4 aromatic rings. The molecule has 0 N–H and O–H groups in total. The second kappa shape index (κ2) is 14.7. The van der Waals surface area contributed by atoms with Gasteiger partial charge in [0.05, 0.1) is 24.6 Å². The van der Waals surface area contributed by atoms with Crippen molar-refractivity contribution >= 4 is 34.9 Å². The Kier molecular flexibility index (Phi) is 10.5. The van der Waals surface area contributed by atoms with Gasteiger partial charge in [-0.2, -0.15) is 10.3 Å². The minimum absolute atomic E-state index is 0.0936. The molecule has 2 atom stereocenters. The summed E-state index contributed by atoms with van der Waals surface area (Å²) in [6.07, 6.45) is -1.15. The van der Waals surface area contributed by atoms with E-state index >= 15 is 0 Å². The molecule has 1 aliphatic rings. The fraction of sp³-hybridized carbons (Fsp3) is 0.294. The van der Waals surface area contributed by atoms with Crippen LogP contribution >= 0.6 is 11.8 Å². The lowest BCUT2D eigenvalue weighted by atomic mass is 9.99. The van der Waals surface area contributed by atoms with E-state index in [4.69, 9.17) is 4.74 Å². The summed E-state index contributed by atoms with van der Waals surface area (Å²) in [4.78, 5) is 27.7. The second-order valence-electron chi connectivity index (χ2n) is 11.2. The third-order valence-electron chi connectivity index (χ3n) is 7.55. The molecule has 2 amide bonds. The van der Waals surface area contributed by atoms with Crippen molar-refractivity contribution in [1.29, 1.82) is 5.26 Å². The average molecular weight is 676 g/mol. The van der Waals surface area contributed by atoms with Crippen molar-refractivity contribution in [1.82, 2.24) is 14.8 Å². The summed E-state index contributed by atoms with van der Waals surface area (Å²) in [6, 6.07) is 19.6. The number of carbonyl (C=O) groups excluding carboxylic acids is 1. The van der Waals surface area contributed by atoms with Crippen molar-refractivity contribution in [3.8, 4) is 34.6 Å². The lowest BCUT2D eigenvalue weighted by molar-refractivity contribution is -0.274. The Hall–Kier alpha value is -5.16. The van der Waals surface area contributed by atoms with Gasteiger partial charge in [0.1, 0.15) is 23.7 Å². The van der Waals surface area contributed by atoms with Gasteiger partial charge >= 0.3 is 12.4 Å². The molecule has 14 heteroatoms. The fourth-order valence-electron chi connectivity index (χ4n) is 5.08. The molecule has 0 aliphatic carbocycles. The Bertz CT molecular complexity index is 1850. The number of rotatable bonds is 8. The third-order valence-corrected chi connectivity index (χ3v) is 8.54. The number of carbonyl (C=O) groups is 1. The molecule has 0 saturated carbocycles. The molecule has 0 radical (unpaired) electrons. The van der Waals surface area contributed by atoms with Crippen LogP contribution < -0.4 is 14.4 Å². The highest BCUT2D eigenvalue weighted by Gasteiger charge is 2.31. The second-order valence-corrected chi connectivity index (χ2v) is 12.2. The number of amidine groups is 1.